The largest absolute Gasteiger partial charge is 0.385 e. The zero-order valence-corrected chi connectivity index (χ0v) is 37.6. The Labute approximate surface area is 301 Å². The van der Waals surface area contributed by atoms with E-state index in [9.17, 15) is 5.11 Å². The van der Waals surface area contributed by atoms with Crippen LogP contribution in [0.25, 0.3) is 11.5 Å². The van der Waals surface area contributed by atoms with Crippen molar-refractivity contribution in [1.29, 1.82) is 0 Å². The molecule has 0 radical (unpaired) electrons. The summed E-state index contributed by atoms with van der Waals surface area (Å²) in [5, 5.41) is 12.0. The first kappa shape index (κ1) is 42.4. The van der Waals surface area contributed by atoms with Crippen molar-refractivity contribution in [2.45, 2.75) is 180 Å². The molecular weight excluding hydrogens is 687 g/mol. The summed E-state index contributed by atoms with van der Waals surface area (Å²) < 4.78 is 21.9. The monoisotopic (exact) mass is 755 g/mol. The SMILES string of the molecule is CC(C)[SiH](C(C)C)[Si](OOC[C@H]1O[C@@H](n2cnc3ncnc-3c2N)[C@@H](O)[C@@H]1OO[Si](C(C)C)(C(C)C)[SiH](C(C)C)C(C)C)(C(C)C)C(C)C. The first-order valence-electron chi connectivity index (χ1n) is 18.7. The number of imidazole rings is 1. The molecule has 0 saturated carbocycles. The molecule has 15 heteroatoms. The summed E-state index contributed by atoms with van der Waals surface area (Å²) in [6, 6.07) is 0. The average molecular weight is 756 g/mol. The number of aromatic nitrogens is 4. The number of nitrogens with zero attached hydrogens (tertiary/aromatic N) is 4. The van der Waals surface area contributed by atoms with Gasteiger partial charge in [-0.1, -0.05) is 133 Å². The van der Waals surface area contributed by atoms with Gasteiger partial charge in [0.05, 0.1) is 16.6 Å². The van der Waals surface area contributed by atoms with Crippen molar-refractivity contribution in [2.24, 2.45) is 0 Å². The van der Waals surface area contributed by atoms with Gasteiger partial charge in [-0.05, 0) is 22.2 Å². The molecule has 3 N–H and O–H groups in total. The van der Waals surface area contributed by atoms with E-state index in [1.165, 1.54) is 12.7 Å². The van der Waals surface area contributed by atoms with Crippen molar-refractivity contribution in [2.75, 3.05) is 12.3 Å². The molecule has 3 aliphatic rings. The normalized spacial score (nSPS) is 21.4. The van der Waals surface area contributed by atoms with Crippen LogP contribution in [0.3, 0.4) is 0 Å². The third kappa shape index (κ3) is 8.30. The molecule has 11 nitrogen and oxygen atoms in total. The average Bonchev–Trinajstić information content (AvgIpc) is 3.58. The standard InChI is InChI=1S/C34H69N5O6Si4/c1-20(2)46(21(3)4)48(24(9)10,25(11)12)44-41-17-28-31(43-45-49(26(13)14,27(15)16)47(22(5)6)23(7)8)30(40)34(42-28)39-19-38-33-29(32(39)35)36-18-37-33/h18-28,30-31,34,40,46-47H,17,35H2,1-16H3/t28-,30+,31-,34-/m1/s1. The molecule has 282 valence electrons. The third-order valence-corrected chi connectivity index (χ3v) is 49.9. The fraction of sp³-hybridized carbons (Fsp3) is 0.853. The van der Waals surface area contributed by atoms with Crippen LogP contribution in [0.4, 0.5) is 5.82 Å². The highest BCUT2D eigenvalue weighted by molar-refractivity contribution is 7.32. The Kier molecular flexibility index (Phi) is 14.9. The fourth-order valence-corrected chi connectivity index (χ4v) is 46.9. The van der Waals surface area contributed by atoms with E-state index in [0.29, 0.717) is 61.7 Å². The van der Waals surface area contributed by atoms with Crippen LogP contribution >= 0.6 is 0 Å². The van der Waals surface area contributed by atoms with E-state index in [1.807, 2.05) is 0 Å². The Hall–Kier alpha value is -1.02. The summed E-state index contributed by atoms with van der Waals surface area (Å²) in [7, 11) is -7.72. The zero-order chi connectivity index (χ0) is 37.2. The molecule has 1 saturated heterocycles. The lowest BCUT2D eigenvalue weighted by molar-refractivity contribution is -0.296. The van der Waals surface area contributed by atoms with Crippen molar-refractivity contribution in [3.63, 3.8) is 0 Å². The van der Waals surface area contributed by atoms with E-state index < -0.39 is 56.8 Å². The van der Waals surface area contributed by atoms with Gasteiger partial charge >= 0.3 is 0 Å². The maximum atomic E-state index is 12.0. The van der Waals surface area contributed by atoms with E-state index >= 15 is 0 Å². The molecule has 3 rings (SSSR count). The number of nitrogens with two attached hydrogens (primary N) is 1. The predicted molar refractivity (Wildman–Crippen MR) is 208 cm³/mol. The highest BCUT2D eigenvalue weighted by Crippen LogP contribution is 2.46. The van der Waals surface area contributed by atoms with Crippen LogP contribution in [0, 0.1) is 0 Å². The Morgan fingerprint density at radius 1 is 0.755 bits per heavy atom. The van der Waals surface area contributed by atoms with Gasteiger partial charge in [-0.2, -0.15) is 0 Å². The van der Waals surface area contributed by atoms with Crippen LogP contribution in [0.1, 0.15) is 117 Å². The number of rotatable bonds is 18. The van der Waals surface area contributed by atoms with E-state index in [1.54, 1.807) is 4.57 Å². The number of nitrogen functional groups attached to an aromatic ring is 1. The summed E-state index contributed by atoms with van der Waals surface area (Å²) in [5.74, 6) is 0.740. The lowest BCUT2D eigenvalue weighted by Crippen LogP contribution is -2.62. The van der Waals surface area contributed by atoms with Crippen LogP contribution in [0.5, 0.6) is 0 Å². The van der Waals surface area contributed by atoms with E-state index in [-0.39, 0.29) is 6.61 Å². The van der Waals surface area contributed by atoms with Crippen LogP contribution in [-0.2, 0) is 23.7 Å². The molecule has 4 atom stereocenters. The highest BCUT2D eigenvalue weighted by atomic mass is 29.2. The Balaban J connectivity index is 2.03. The molecule has 0 unspecified atom stereocenters. The summed E-state index contributed by atoms with van der Waals surface area (Å²) >= 11 is 0. The lowest BCUT2D eigenvalue weighted by atomic mass is 10.1. The van der Waals surface area contributed by atoms with E-state index in [0.717, 1.165) is 0 Å². The van der Waals surface area contributed by atoms with Crippen molar-refractivity contribution in [3.8, 4) is 11.5 Å². The van der Waals surface area contributed by atoms with Gasteiger partial charge in [0.15, 0.2) is 18.2 Å². The molecule has 1 fully saturated rings. The fourth-order valence-electron chi connectivity index (χ4n) is 9.58. The van der Waals surface area contributed by atoms with E-state index in [2.05, 4.69) is 126 Å². The lowest BCUT2D eigenvalue weighted by Gasteiger charge is -2.46. The number of hydrogen-bond donors (Lipinski definition) is 2. The van der Waals surface area contributed by atoms with Crippen LogP contribution < -0.4 is 5.73 Å². The first-order chi connectivity index (χ1) is 22.8. The minimum Gasteiger partial charge on any atom is -0.385 e. The number of aliphatic hydroxyl groups is 1. The minimum absolute atomic E-state index is 0.0759. The van der Waals surface area contributed by atoms with Crippen LogP contribution in [0.2, 0.25) is 44.3 Å². The van der Waals surface area contributed by atoms with Crippen molar-refractivity contribution < 1.29 is 28.8 Å². The molecule has 0 bridgehead atoms. The predicted octanol–water partition coefficient (Wildman–Crippen LogP) is 7.67. The summed E-state index contributed by atoms with van der Waals surface area (Å²) in [6.07, 6.45) is -0.610. The van der Waals surface area contributed by atoms with Crippen molar-refractivity contribution >= 4 is 38.1 Å². The molecule has 3 heterocycles. The van der Waals surface area contributed by atoms with Gasteiger partial charge in [-0.3, -0.25) is 13.7 Å². The van der Waals surface area contributed by atoms with Crippen LogP contribution in [-0.4, -0.2) is 81.8 Å². The Morgan fingerprint density at radius 3 is 1.67 bits per heavy atom. The minimum atomic E-state index is -2.47. The van der Waals surface area contributed by atoms with Gasteiger partial charge in [0, 0.05) is 0 Å². The van der Waals surface area contributed by atoms with Crippen molar-refractivity contribution in [3.05, 3.63) is 12.7 Å². The van der Waals surface area contributed by atoms with Gasteiger partial charge in [0.1, 0.15) is 43.0 Å². The molecule has 49 heavy (non-hydrogen) atoms. The zero-order valence-electron chi connectivity index (χ0n) is 33.3. The van der Waals surface area contributed by atoms with Gasteiger partial charge in [0.25, 0.3) is 0 Å². The molecule has 0 aromatic carbocycles. The van der Waals surface area contributed by atoms with Gasteiger partial charge in [-0.25, -0.2) is 24.7 Å². The molecule has 0 spiro atoms. The van der Waals surface area contributed by atoms with Gasteiger partial charge in [-0.15, -0.1) is 0 Å². The second kappa shape index (κ2) is 17.2. The quantitative estimate of drug-likeness (QED) is 0.0887. The molecule has 0 aliphatic carbocycles. The van der Waals surface area contributed by atoms with E-state index in [4.69, 9.17) is 29.4 Å². The third-order valence-electron chi connectivity index (χ3n) is 11.3. The topological polar surface area (TPSA) is 136 Å². The number of anilines is 1. The smallest absolute Gasteiger partial charge is 0.227 e. The first-order valence-corrected chi connectivity index (χ1v) is 29.1. The van der Waals surface area contributed by atoms with Crippen LogP contribution in [0.15, 0.2) is 12.7 Å². The maximum absolute atomic E-state index is 12.0. The number of aliphatic hydroxyl groups excluding tert-OH is 1. The van der Waals surface area contributed by atoms with Gasteiger partial charge in [0.2, 0.25) is 15.7 Å². The number of ether oxygens (including phenoxy) is 1. The maximum Gasteiger partial charge on any atom is 0.227 e. The summed E-state index contributed by atoms with van der Waals surface area (Å²) in [5.41, 5.74) is 10.6. The van der Waals surface area contributed by atoms with Gasteiger partial charge < -0.3 is 15.6 Å². The molecule has 0 aromatic rings. The highest BCUT2D eigenvalue weighted by Gasteiger charge is 2.57. The molecule has 3 aliphatic heterocycles. The second-order valence-corrected chi connectivity index (χ2v) is 42.2. The molecule has 0 amide bonds. The molecular formula is C34H69N5O6Si4. The second-order valence-electron chi connectivity index (χ2n) is 17.0. The summed E-state index contributed by atoms with van der Waals surface area (Å²) in [6.45, 7) is 37.1. The number of hydrogen-bond acceptors (Lipinski definition) is 10. The summed E-state index contributed by atoms with van der Waals surface area (Å²) in [4.78, 5) is 25.8. The molecule has 0 aromatic heterocycles. The number of fused-ring (bicyclic) bond motifs is 1. The Morgan fingerprint density at radius 2 is 1.22 bits per heavy atom. The Bertz CT molecular complexity index is 1250. The van der Waals surface area contributed by atoms with Crippen molar-refractivity contribution in [1.82, 2.24) is 19.5 Å².